The van der Waals surface area contributed by atoms with E-state index in [-0.39, 0.29) is 13.1 Å². The third kappa shape index (κ3) is 3.71. The molecule has 17 heavy (non-hydrogen) atoms. The van der Waals surface area contributed by atoms with Crippen LogP contribution in [-0.2, 0) is 9.59 Å². The molecule has 0 heterocycles. The van der Waals surface area contributed by atoms with Crippen LogP contribution in [0.15, 0.2) is 0 Å². The molecule has 2 amide bonds. The van der Waals surface area contributed by atoms with Gasteiger partial charge in [-0.25, -0.2) is 0 Å². The van der Waals surface area contributed by atoms with Crippen molar-refractivity contribution in [3.8, 4) is 6.07 Å². The first-order valence-electron chi connectivity index (χ1n) is 5.61. The van der Waals surface area contributed by atoms with Gasteiger partial charge in [-0.15, -0.1) is 0 Å². The number of nitrogens with one attached hydrogen (secondary N) is 1. The summed E-state index contributed by atoms with van der Waals surface area (Å²) in [7, 11) is 1.48. The van der Waals surface area contributed by atoms with Crippen LogP contribution in [0.3, 0.4) is 0 Å². The molecular weight excluding hydrogens is 222 g/mol. The fraction of sp³-hybridized carbons (Fsp3) is 0.727. The van der Waals surface area contributed by atoms with Gasteiger partial charge in [0.1, 0.15) is 6.54 Å². The summed E-state index contributed by atoms with van der Waals surface area (Å²) < 4.78 is 0. The third-order valence-corrected chi connectivity index (χ3v) is 2.93. The zero-order valence-electron chi connectivity index (χ0n) is 9.90. The predicted molar refractivity (Wildman–Crippen MR) is 59.7 cm³/mol. The van der Waals surface area contributed by atoms with Gasteiger partial charge < -0.3 is 15.3 Å². The molecule has 0 radical (unpaired) electrons. The number of likely N-dealkylation sites (N-methyl/N-ethyl adjacent to an activating group) is 1. The minimum absolute atomic E-state index is 0.159. The van der Waals surface area contributed by atoms with E-state index in [9.17, 15) is 14.7 Å². The molecule has 0 aromatic rings. The quantitative estimate of drug-likeness (QED) is 0.507. The van der Waals surface area contributed by atoms with Gasteiger partial charge in [0.2, 0.25) is 0 Å². The highest BCUT2D eigenvalue weighted by molar-refractivity contribution is 6.34. The molecule has 2 N–H and O–H groups in total. The van der Waals surface area contributed by atoms with Crippen LogP contribution in [0.1, 0.15) is 25.7 Å². The van der Waals surface area contributed by atoms with E-state index in [1.54, 1.807) is 6.07 Å². The third-order valence-electron chi connectivity index (χ3n) is 2.93. The van der Waals surface area contributed by atoms with Gasteiger partial charge in [-0.3, -0.25) is 9.59 Å². The number of carbonyl (C=O) groups is 2. The largest absolute Gasteiger partial charge is 0.388 e. The van der Waals surface area contributed by atoms with Crippen LogP contribution in [0.5, 0.6) is 0 Å². The van der Waals surface area contributed by atoms with Gasteiger partial charge >= 0.3 is 11.8 Å². The summed E-state index contributed by atoms with van der Waals surface area (Å²) in [4.78, 5) is 24.1. The molecule has 0 bridgehead atoms. The van der Waals surface area contributed by atoms with Gasteiger partial charge in [-0.05, 0) is 12.8 Å². The lowest BCUT2D eigenvalue weighted by Gasteiger charge is -2.28. The van der Waals surface area contributed by atoms with Crippen LogP contribution >= 0.6 is 0 Å². The summed E-state index contributed by atoms with van der Waals surface area (Å²) in [5.41, 5.74) is -0.861. The molecule has 0 aromatic carbocycles. The van der Waals surface area contributed by atoms with Gasteiger partial charge in [0.05, 0.1) is 11.7 Å². The highest BCUT2D eigenvalue weighted by Gasteiger charge is 2.34. The second kappa shape index (κ2) is 5.64. The molecule has 1 rings (SSSR count). The maximum absolute atomic E-state index is 11.6. The Hall–Kier alpha value is -1.61. The molecule has 0 saturated heterocycles. The number of amides is 2. The molecular formula is C11H17N3O3. The molecule has 1 fully saturated rings. The zero-order chi connectivity index (χ0) is 12.9. The van der Waals surface area contributed by atoms with Crippen molar-refractivity contribution >= 4 is 11.8 Å². The fourth-order valence-electron chi connectivity index (χ4n) is 2.07. The molecule has 1 saturated carbocycles. The molecule has 6 nitrogen and oxygen atoms in total. The summed E-state index contributed by atoms with van der Waals surface area (Å²) in [5, 5.41) is 20.5. The molecule has 94 valence electrons. The van der Waals surface area contributed by atoms with Gasteiger partial charge in [-0.1, -0.05) is 12.8 Å². The first-order chi connectivity index (χ1) is 7.98. The Kier molecular flexibility index (Phi) is 4.46. The number of carbonyl (C=O) groups excluding carboxylic acids is 2. The molecule has 0 spiro atoms. The average molecular weight is 239 g/mol. The maximum atomic E-state index is 11.6. The van der Waals surface area contributed by atoms with Crippen LogP contribution in [0.25, 0.3) is 0 Å². The van der Waals surface area contributed by atoms with Crippen LogP contribution in [0.2, 0.25) is 0 Å². The van der Waals surface area contributed by atoms with Crippen molar-refractivity contribution in [2.45, 2.75) is 31.3 Å². The van der Waals surface area contributed by atoms with E-state index in [2.05, 4.69) is 5.32 Å². The van der Waals surface area contributed by atoms with Gasteiger partial charge in [0, 0.05) is 13.6 Å². The predicted octanol–water partition coefficient (Wildman–Crippen LogP) is -0.610. The van der Waals surface area contributed by atoms with E-state index in [1.807, 2.05) is 0 Å². The SMILES string of the molecule is CN(CC1(O)CCCC1)C(=O)C(=O)NCC#N. The van der Waals surface area contributed by atoms with Crippen molar-refractivity contribution in [3.63, 3.8) is 0 Å². The average Bonchev–Trinajstić information content (AvgIpc) is 2.71. The van der Waals surface area contributed by atoms with E-state index < -0.39 is 17.4 Å². The number of nitrogens with zero attached hydrogens (tertiary/aromatic N) is 2. The minimum atomic E-state index is -0.861. The monoisotopic (exact) mass is 239 g/mol. The molecule has 0 aliphatic heterocycles. The Labute approximate surface area is 100 Å². The molecule has 0 unspecified atom stereocenters. The van der Waals surface area contributed by atoms with Crippen LogP contribution in [0.4, 0.5) is 0 Å². The molecule has 6 heteroatoms. The van der Waals surface area contributed by atoms with Crippen LogP contribution < -0.4 is 5.32 Å². The lowest BCUT2D eigenvalue weighted by atomic mass is 10.0. The summed E-state index contributed by atoms with van der Waals surface area (Å²) in [6, 6.07) is 1.72. The number of nitriles is 1. The van der Waals surface area contributed by atoms with Gasteiger partial charge in [0.25, 0.3) is 0 Å². The Balaban J connectivity index is 2.46. The van der Waals surface area contributed by atoms with E-state index in [0.29, 0.717) is 12.8 Å². The summed E-state index contributed by atoms with van der Waals surface area (Å²) >= 11 is 0. The normalized spacial score (nSPS) is 17.2. The van der Waals surface area contributed by atoms with Crippen molar-refractivity contribution in [2.24, 2.45) is 0 Å². The molecule has 1 aliphatic carbocycles. The van der Waals surface area contributed by atoms with Crippen LogP contribution in [-0.4, -0.2) is 47.6 Å². The summed E-state index contributed by atoms with van der Waals surface area (Å²) in [6.07, 6.45) is 3.20. The van der Waals surface area contributed by atoms with Gasteiger partial charge in [0.15, 0.2) is 0 Å². The van der Waals surface area contributed by atoms with Crippen molar-refractivity contribution < 1.29 is 14.7 Å². The molecule has 1 aliphatic rings. The summed E-state index contributed by atoms with van der Waals surface area (Å²) in [5.74, 6) is -1.53. The van der Waals surface area contributed by atoms with Gasteiger partial charge in [-0.2, -0.15) is 5.26 Å². The van der Waals surface area contributed by atoms with Crippen molar-refractivity contribution in [3.05, 3.63) is 0 Å². The Bertz CT molecular complexity index is 342. The number of hydrogen-bond acceptors (Lipinski definition) is 4. The topological polar surface area (TPSA) is 93.4 Å². The standard InChI is InChI=1S/C11H17N3O3/c1-14(8-11(17)4-2-3-5-11)10(16)9(15)13-7-6-12/h17H,2-5,7-8H2,1H3,(H,13,15). The lowest BCUT2D eigenvalue weighted by Crippen LogP contribution is -2.47. The number of rotatable bonds is 3. The van der Waals surface area contributed by atoms with Crippen molar-refractivity contribution in [1.29, 1.82) is 5.26 Å². The zero-order valence-corrected chi connectivity index (χ0v) is 9.90. The Morgan fingerprint density at radius 3 is 2.59 bits per heavy atom. The van der Waals surface area contributed by atoms with E-state index in [0.717, 1.165) is 12.8 Å². The van der Waals surface area contributed by atoms with Crippen LogP contribution in [0, 0.1) is 11.3 Å². The fourth-order valence-corrected chi connectivity index (χ4v) is 2.07. The van der Waals surface area contributed by atoms with E-state index in [4.69, 9.17) is 5.26 Å². The lowest BCUT2D eigenvalue weighted by molar-refractivity contribution is -0.146. The van der Waals surface area contributed by atoms with Crippen molar-refractivity contribution in [2.75, 3.05) is 20.1 Å². The minimum Gasteiger partial charge on any atom is -0.388 e. The highest BCUT2D eigenvalue weighted by Crippen LogP contribution is 2.29. The maximum Gasteiger partial charge on any atom is 0.311 e. The second-order valence-electron chi connectivity index (χ2n) is 4.43. The number of aliphatic hydroxyl groups is 1. The smallest absolute Gasteiger partial charge is 0.311 e. The Morgan fingerprint density at radius 1 is 1.47 bits per heavy atom. The second-order valence-corrected chi connectivity index (χ2v) is 4.43. The Morgan fingerprint density at radius 2 is 2.06 bits per heavy atom. The van der Waals surface area contributed by atoms with E-state index in [1.165, 1.54) is 11.9 Å². The highest BCUT2D eigenvalue weighted by atomic mass is 16.3. The first kappa shape index (κ1) is 13.5. The number of hydrogen-bond donors (Lipinski definition) is 2. The van der Waals surface area contributed by atoms with Crippen molar-refractivity contribution in [1.82, 2.24) is 10.2 Å². The molecule has 0 atom stereocenters. The summed E-state index contributed by atoms with van der Waals surface area (Å²) in [6.45, 7) is -0.0332. The molecule has 0 aromatic heterocycles. The first-order valence-corrected chi connectivity index (χ1v) is 5.61. The van der Waals surface area contributed by atoms with E-state index >= 15 is 0 Å².